The molecule has 0 amide bonds. The van der Waals surface area contributed by atoms with Gasteiger partial charge in [0.1, 0.15) is 0 Å². The summed E-state index contributed by atoms with van der Waals surface area (Å²) in [6, 6.07) is 9.65. The van der Waals surface area contributed by atoms with Gasteiger partial charge in [-0.25, -0.2) is 0 Å². The molecule has 70 valence electrons. The van der Waals surface area contributed by atoms with Crippen LogP contribution in [0.2, 0.25) is 0 Å². The minimum atomic E-state index is -0.791. The molecule has 0 saturated carbocycles. The molecule has 0 spiro atoms. The van der Waals surface area contributed by atoms with Crippen molar-refractivity contribution in [3.8, 4) is 0 Å². The first-order valence-corrected chi connectivity index (χ1v) is 4.29. The Hall–Kier alpha value is -1.12. The first-order valence-electron chi connectivity index (χ1n) is 4.29. The molecule has 0 aliphatic rings. The van der Waals surface area contributed by atoms with Gasteiger partial charge in [0.15, 0.2) is 0 Å². The van der Waals surface area contributed by atoms with E-state index in [1.54, 1.807) is 19.1 Å². The molecule has 0 aliphatic heterocycles. The van der Waals surface area contributed by atoms with Crippen LogP contribution in [-0.4, -0.2) is 22.4 Å². The van der Waals surface area contributed by atoms with Gasteiger partial charge in [-0.1, -0.05) is 42.5 Å². The molecule has 2 atom stereocenters. The second kappa shape index (κ2) is 4.80. The van der Waals surface area contributed by atoms with Crippen LogP contribution in [0.4, 0.5) is 0 Å². The van der Waals surface area contributed by atoms with Crippen LogP contribution in [0.15, 0.2) is 36.4 Å². The van der Waals surface area contributed by atoms with Crippen molar-refractivity contribution in [3.63, 3.8) is 0 Å². The van der Waals surface area contributed by atoms with E-state index in [1.165, 1.54) is 0 Å². The molecule has 0 bridgehead atoms. The van der Waals surface area contributed by atoms with E-state index in [0.29, 0.717) is 0 Å². The fraction of sp³-hybridized carbons (Fsp3) is 0.273. The number of hydrogen-bond donors (Lipinski definition) is 2. The summed E-state index contributed by atoms with van der Waals surface area (Å²) >= 11 is 0. The van der Waals surface area contributed by atoms with Crippen molar-refractivity contribution in [2.24, 2.45) is 0 Å². The van der Waals surface area contributed by atoms with Crippen molar-refractivity contribution in [3.05, 3.63) is 42.0 Å². The Bertz CT molecular complexity index is 265. The van der Waals surface area contributed by atoms with Crippen molar-refractivity contribution >= 4 is 6.08 Å². The molecule has 2 nitrogen and oxygen atoms in total. The van der Waals surface area contributed by atoms with E-state index >= 15 is 0 Å². The predicted molar refractivity (Wildman–Crippen MR) is 53.2 cm³/mol. The molecule has 13 heavy (non-hydrogen) atoms. The maximum atomic E-state index is 9.25. The standard InChI is InChI=1S/C11H14O2/c1-9(12)11(13)8-7-10-5-3-2-4-6-10/h2-9,11-13H,1H3/b8-7+/t9-,11?/m0/s1. The predicted octanol–water partition coefficient (Wildman–Crippen LogP) is 1.44. The zero-order valence-electron chi connectivity index (χ0n) is 7.59. The Morgan fingerprint density at radius 1 is 1.15 bits per heavy atom. The number of aliphatic hydroxyl groups excluding tert-OH is 2. The monoisotopic (exact) mass is 178 g/mol. The fourth-order valence-electron chi connectivity index (χ4n) is 0.935. The van der Waals surface area contributed by atoms with E-state index < -0.39 is 12.2 Å². The summed E-state index contributed by atoms with van der Waals surface area (Å²) in [5.74, 6) is 0. The van der Waals surface area contributed by atoms with Crippen molar-refractivity contribution in [2.45, 2.75) is 19.1 Å². The highest BCUT2D eigenvalue weighted by Crippen LogP contribution is 2.03. The van der Waals surface area contributed by atoms with Gasteiger partial charge < -0.3 is 10.2 Å². The van der Waals surface area contributed by atoms with Crippen LogP contribution in [0.25, 0.3) is 6.08 Å². The van der Waals surface area contributed by atoms with Gasteiger partial charge in [-0.3, -0.25) is 0 Å². The summed E-state index contributed by atoms with van der Waals surface area (Å²) in [4.78, 5) is 0. The first-order chi connectivity index (χ1) is 6.20. The number of aliphatic hydroxyl groups is 2. The van der Waals surface area contributed by atoms with Crippen molar-refractivity contribution in [2.75, 3.05) is 0 Å². The molecule has 0 heterocycles. The van der Waals surface area contributed by atoms with Gasteiger partial charge in [0.25, 0.3) is 0 Å². The van der Waals surface area contributed by atoms with E-state index in [-0.39, 0.29) is 0 Å². The third kappa shape index (κ3) is 3.40. The van der Waals surface area contributed by atoms with Crippen LogP contribution in [0.1, 0.15) is 12.5 Å². The lowest BCUT2D eigenvalue weighted by Gasteiger charge is -2.07. The summed E-state index contributed by atoms with van der Waals surface area (Å²) in [5, 5.41) is 18.2. The Labute approximate surface area is 78.2 Å². The summed E-state index contributed by atoms with van der Waals surface area (Å²) in [7, 11) is 0. The highest BCUT2D eigenvalue weighted by molar-refractivity contribution is 5.49. The molecule has 1 aromatic rings. The van der Waals surface area contributed by atoms with Gasteiger partial charge in [-0.15, -0.1) is 0 Å². The maximum absolute atomic E-state index is 9.25. The average Bonchev–Trinajstić information content (AvgIpc) is 2.15. The van der Waals surface area contributed by atoms with E-state index in [2.05, 4.69) is 0 Å². The van der Waals surface area contributed by atoms with Gasteiger partial charge >= 0.3 is 0 Å². The van der Waals surface area contributed by atoms with E-state index in [9.17, 15) is 5.11 Å². The van der Waals surface area contributed by atoms with Crippen LogP contribution < -0.4 is 0 Å². The molecule has 1 aromatic carbocycles. The highest BCUT2D eigenvalue weighted by atomic mass is 16.3. The van der Waals surface area contributed by atoms with Crippen molar-refractivity contribution in [1.29, 1.82) is 0 Å². The number of rotatable bonds is 3. The second-order valence-electron chi connectivity index (χ2n) is 3.00. The second-order valence-corrected chi connectivity index (χ2v) is 3.00. The largest absolute Gasteiger partial charge is 0.390 e. The first kappa shape index (κ1) is 9.96. The molecule has 2 heteroatoms. The lowest BCUT2D eigenvalue weighted by Crippen LogP contribution is -2.19. The fourth-order valence-corrected chi connectivity index (χ4v) is 0.935. The van der Waals surface area contributed by atoms with Crippen LogP contribution in [0.5, 0.6) is 0 Å². The summed E-state index contributed by atoms with van der Waals surface area (Å²) in [6.45, 7) is 1.56. The number of hydrogen-bond acceptors (Lipinski definition) is 2. The molecule has 0 aromatic heterocycles. The van der Waals surface area contributed by atoms with Crippen molar-refractivity contribution in [1.82, 2.24) is 0 Å². The van der Waals surface area contributed by atoms with Gasteiger partial charge in [0.05, 0.1) is 12.2 Å². The van der Waals surface area contributed by atoms with Crippen LogP contribution in [0, 0.1) is 0 Å². The highest BCUT2D eigenvalue weighted by Gasteiger charge is 2.04. The quantitative estimate of drug-likeness (QED) is 0.735. The smallest absolute Gasteiger partial charge is 0.0980 e. The molecule has 0 fully saturated rings. The van der Waals surface area contributed by atoms with E-state index in [0.717, 1.165) is 5.56 Å². The Morgan fingerprint density at radius 3 is 2.31 bits per heavy atom. The van der Waals surface area contributed by atoms with Gasteiger partial charge in [0.2, 0.25) is 0 Å². The summed E-state index contributed by atoms with van der Waals surface area (Å²) < 4.78 is 0. The van der Waals surface area contributed by atoms with E-state index in [1.807, 2.05) is 30.3 Å². The molecule has 2 N–H and O–H groups in total. The molecule has 0 aliphatic carbocycles. The topological polar surface area (TPSA) is 40.5 Å². The third-order valence-electron chi connectivity index (χ3n) is 1.78. The molecule has 0 radical (unpaired) electrons. The zero-order chi connectivity index (χ0) is 9.68. The molecule has 1 rings (SSSR count). The lowest BCUT2D eigenvalue weighted by molar-refractivity contribution is 0.0624. The molecule has 0 saturated heterocycles. The Kier molecular flexibility index (Phi) is 3.68. The van der Waals surface area contributed by atoms with Crippen molar-refractivity contribution < 1.29 is 10.2 Å². The van der Waals surface area contributed by atoms with Gasteiger partial charge in [-0.2, -0.15) is 0 Å². The van der Waals surface area contributed by atoms with Gasteiger partial charge in [-0.05, 0) is 12.5 Å². The Balaban J connectivity index is 2.59. The zero-order valence-corrected chi connectivity index (χ0v) is 7.59. The van der Waals surface area contributed by atoms with E-state index in [4.69, 9.17) is 5.11 Å². The number of benzene rings is 1. The van der Waals surface area contributed by atoms with Crippen LogP contribution in [-0.2, 0) is 0 Å². The minimum Gasteiger partial charge on any atom is -0.390 e. The maximum Gasteiger partial charge on any atom is 0.0980 e. The minimum absolute atomic E-state index is 0.722. The average molecular weight is 178 g/mol. The molecular formula is C11H14O2. The molecular weight excluding hydrogens is 164 g/mol. The molecule has 1 unspecified atom stereocenters. The Morgan fingerprint density at radius 2 is 1.77 bits per heavy atom. The summed E-state index contributed by atoms with van der Waals surface area (Å²) in [6.07, 6.45) is 1.86. The van der Waals surface area contributed by atoms with Gasteiger partial charge in [0, 0.05) is 0 Å². The normalized spacial score (nSPS) is 15.9. The summed E-state index contributed by atoms with van der Waals surface area (Å²) in [5.41, 5.74) is 1.02. The van der Waals surface area contributed by atoms with Crippen LogP contribution in [0.3, 0.4) is 0 Å². The SMILES string of the molecule is C[C@H](O)C(O)/C=C/c1ccccc1. The van der Waals surface area contributed by atoms with Crippen LogP contribution >= 0.6 is 0 Å². The lowest BCUT2D eigenvalue weighted by atomic mass is 10.1. The third-order valence-corrected chi connectivity index (χ3v) is 1.78.